The number of carboxylic acids is 1. The van der Waals surface area contributed by atoms with E-state index in [0.29, 0.717) is 92.9 Å². The number of aliphatic carboxylic acids is 1. The molecule has 3 atom stereocenters. The minimum Gasteiger partial charge on any atom is -0.483 e. The van der Waals surface area contributed by atoms with Crippen molar-refractivity contribution in [1.82, 2.24) is 74.7 Å². The minimum absolute atomic E-state index is 0. The van der Waals surface area contributed by atoms with Crippen molar-refractivity contribution in [2.24, 2.45) is 0 Å². The van der Waals surface area contributed by atoms with Gasteiger partial charge >= 0.3 is 23.9 Å². The molecule has 0 aliphatic carbocycles. The van der Waals surface area contributed by atoms with Crippen LogP contribution in [0.1, 0.15) is 56.7 Å². The number of hydrogen-bond acceptors (Lipinski definition) is 34. The zero-order valence-electron chi connectivity index (χ0n) is 75.2. The highest BCUT2D eigenvalue weighted by atomic mass is 35.5. The molecule has 0 bridgehead atoms. The van der Waals surface area contributed by atoms with Crippen LogP contribution in [0.4, 0.5) is 83.1 Å². The van der Waals surface area contributed by atoms with E-state index in [4.69, 9.17) is 53.3 Å². The van der Waals surface area contributed by atoms with Gasteiger partial charge in [0.25, 0.3) is 5.92 Å². The van der Waals surface area contributed by atoms with Crippen LogP contribution in [0.3, 0.4) is 0 Å². The molecule has 7 N–H and O–H groups in total. The van der Waals surface area contributed by atoms with Crippen LogP contribution in [0.2, 0.25) is 0 Å². The molecule has 134 heavy (non-hydrogen) atoms. The van der Waals surface area contributed by atoms with Gasteiger partial charge in [-0.25, -0.2) is 65.8 Å². The monoisotopic (exact) mass is 1880 g/mol. The van der Waals surface area contributed by atoms with Crippen LogP contribution < -0.4 is 64.4 Å². The Kier molecular flexibility index (Phi) is 34.3. The van der Waals surface area contributed by atoms with E-state index in [2.05, 4.69) is 117 Å². The molecule has 6 aromatic heterocycles. The number of nitrogens with zero attached hydrogens (tertiary/aromatic N) is 20. The second-order valence-electron chi connectivity index (χ2n) is 32.8. The average molecular weight is 1880 g/mol. The molecule has 37 nitrogen and oxygen atoms in total. The van der Waals surface area contributed by atoms with Gasteiger partial charge in [-0.1, -0.05) is 0 Å². The number of piperazine rings is 3. The maximum absolute atomic E-state index is 15.1. The lowest BCUT2D eigenvalue weighted by molar-refractivity contribution is -0.161. The summed E-state index contributed by atoms with van der Waals surface area (Å²) in [6, 6.07) is 36.7. The fourth-order valence-corrected chi connectivity index (χ4v) is 14.9. The van der Waals surface area contributed by atoms with Crippen molar-refractivity contribution >= 4 is 82.3 Å². The lowest BCUT2D eigenvalue weighted by Gasteiger charge is -2.38. The fourth-order valence-electron chi connectivity index (χ4n) is 14.9. The van der Waals surface area contributed by atoms with Crippen molar-refractivity contribution < 1.29 is 89.2 Å². The number of aliphatic hydroxyl groups excluding tert-OH is 2. The number of ether oxygens (including phenoxy) is 7. The number of likely N-dealkylation sites (N-methyl/N-ethyl adjacent to an activating group) is 3. The second-order valence-corrected chi connectivity index (χ2v) is 32.8. The van der Waals surface area contributed by atoms with Gasteiger partial charge in [0.05, 0.1) is 74.7 Å². The Morgan fingerprint density at radius 3 is 1.08 bits per heavy atom. The Hall–Kier alpha value is -13.7. The molecule has 712 valence electrons. The zero-order chi connectivity index (χ0) is 95.3. The number of nitrogens with one attached hydrogen (secondary N) is 4. The highest BCUT2D eigenvalue weighted by Crippen LogP contribution is 2.41. The normalized spacial score (nSPS) is 18.2. The number of halogens is 7. The lowest BCUT2D eigenvalue weighted by Crippen LogP contribution is -2.56. The number of methoxy groups -OCH3 is 3. The Balaban J connectivity index is 0.000000188. The van der Waals surface area contributed by atoms with Crippen LogP contribution in [0.5, 0.6) is 34.9 Å². The average Bonchev–Trinajstić information content (AvgIpc) is 0.796. The summed E-state index contributed by atoms with van der Waals surface area (Å²) in [5.74, 6) is -7.02. The van der Waals surface area contributed by atoms with Gasteiger partial charge in [0.2, 0.25) is 23.5 Å². The van der Waals surface area contributed by atoms with E-state index in [0.717, 1.165) is 105 Å². The highest BCUT2D eigenvalue weighted by Gasteiger charge is 2.50. The van der Waals surface area contributed by atoms with Crippen LogP contribution in [-0.2, 0) is 14.3 Å². The first-order chi connectivity index (χ1) is 63.7. The molecule has 9 aromatic rings. The number of carbonyl (C=O) groups excluding carboxylic acids is 2. The number of likely N-dealkylation sites (tertiary alicyclic amines) is 2. The van der Waals surface area contributed by atoms with Crippen molar-refractivity contribution in [1.29, 1.82) is 15.8 Å². The molecule has 6 fully saturated rings. The third kappa shape index (κ3) is 26.6. The summed E-state index contributed by atoms with van der Waals surface area (Å²) in [5, 5.41) is 65.5. The Morgan fingerprint density at radius 1 is 0.455 bits per heavy atom. The number of carbonyl (C=O) groups is 3. The van der Waals surface area contributed by atoms with Gasteiger partial charge in [-0.15, -0.1) is 12.4 Å². The minimum atomic E-state index is -3.36. The molecule has 6 aliphatic rings. The van der Waals surface area contributed by atoms with E-state index in [9.17, 15) is 42.9 Å². The number of rotatable bonds is 23. The molecule has 2 amide bonds. The summed E-state index contributed by atoms with van der Waals surface area (Å²) < 4.78 is 127. The van der Waals surface area contributed by atoms with Crippen molar-refractivity contribution in [3.05, 3.63) is 145 Å². The number of hydrogen-bond donors (Lipinski definition) is 7. The summed E-state index contributed by atoms with van der Waals surface area (Å²) >= 11 is 0. The standard InChI is InChI=1S/C32H38F2N8O4.C29H32F2N8O4.C27H30F2N8O2.C2H4O3.ClH/c1-31(2,3)46-30(43)42-11-10-26(32(33,34)19-42)45-25-8-6-21(16-22(25)18-35)23-17-28(37-20-36-23)38-27-9-7-24(29(39-27)44-5)41-14-12-40(4)13-15-41;1-37-9-11-38(12-10-37)22-4-6-25(36-28(22)42-2)35-26-14-21(33-18-34-26)19-3-5-23(20(13-19)15-32)43-24-7-8-39(27(41)16-40)17-29(24,30)31;1-36-9-11-37(12-10-36)21-4-6-24(35-26(21)38-2)34-25-14-20(32-17-33-25)18-3-5-22(19(13-18)15-30)39-23-7-8-31-16-27(23,28)29;3-1-2(4)5;/h6-9,16-17,20,26H,10-15,19H2,1-5H3,(H,36,37,38,39);3-6,13-14,18,24,40H,7-12,16-17H2,1-2H3,(H,33,34,35,36);3-6,13-14,17,23,31H,7-12,16H2,1-2H3,(H,32,33,34,35);3H,1H2,(H,4,5);1H. The summed E-state index contributed by atoms with van der Waals surface area (Å²) in [6.45, 7) is 12.7. The second kappa shape index (κ2) is 45.6. The van der Waals surface area contributed by atoms with Gasteiger partial charge in [-0.3, -0.25) is 4.79 Å². The molecule has 3 unspecified atom stereocenters. The zero-order valence-corrected chi connectivity index (χ0v) is 76.0. The first-order valence-electron chi connectivity index (χ1n) is 42.6. The number of aliphatic hydroxyl groups is 2. The number of nitriles is 3. The van der Waals surface area contributed by atoms with Crippen molar-refractivity contribution in [2.45, 2.75) is 81.7 Å². The maximum Gasteiger partial charge on any atom is 0.410 e. The SMILES string of the molecule is COc1nc(Nc2cc(-c3ccc(OC4CCN(C(=O)CO)CC4(F)F)c(C#N)c3)ncn2)ccc1N1CCN(C)CC1.COc1nc(Nc2cc(-c3ccc(OC4CCN(C(=O)OC(C)(C)C)CC4(F)F)c(C#N)c3)ncn2)ccc1N1CCN(C)CC1.COc1nc(Nc2cc(-c3ccc(OC4CCNCC4(F)F)c(C#N)c3)ncn2)ccc1N1CCN(C)CC1.Cl.O=C(O)CO. The number of anilines is 9. The molecule has 0 saturated carbocycles. The van der Waals surface area contributed by atoms with Crippen molar-refractivity contribution in [3.63, 3.8) is 0 Å². The lowest BCUT2D eigenvalue weighted by atomic mass is 10.0. The molecule has 15 rings (SSSR count). The quantitative estimate of drug-likeness (QED) is 0.0293. The molecule has 6 saturated heterocycles. The van der Waals surface area contributed by atoms with Gasteiger partial charge in [-0.2, -0.15) is 30.7 Å². The molecule has 44 heteroatoms. The third-order valence-corrected chi connectivity index (χ3v) is 22.2. The molecular weight excluding hydrogens is 1770 g/mol. The van der Waals surface area contributed by atoms with E-state index in [1.807, 2.05) is 54.6 Å². The summed E-state index contributed by atoms with van der Waals surface area (Å²) in [6.07, 6.45) is -1.13. The Labute approximate surface area is 776 Å². The summed E-state index contributed by atoms with van der Waals surface area (Å²) in [4.78, 5) is 88.2. The molecule has 0 spiro atoms. The number of carboxylic acid groups (broad SMARTS) is 1. The van der Waals surface area contributed by atoms with Gasteiger partial charge in [0, 0.05) is 146 Å². The molecule has 6 aliphatic heterocycles. The highest BCUT2D eigenvalue weighted by molar-refractivity contribution is 5.85. The van der Waals surface area contributed by atoms with Gasteiger partial charge < -0.3 is 109 Å². The number of aromatic nitrogens is 9. The smallest absolute Gasteiger partial charge is 0.410 e. The van der Waals surface area contributed by atoms with Crippen LogP contribution in [0.25, 0.3) is 33.8 Å². The third-order valence-electron chi connectivity index (χ3n) is 22.2. The van der Waals surface area contributed by atoms with Crippen molar-refractivity contribution in [3.8, 4) is 86.9 Å². The van der Waals surface area contributed by atoms with E-state index in [-0.39, 0.29) is 78.7 Å². The number of alkyl halides is 6. The first kappa shape index (κ1) is 101. The first-order valence-corrected chi connectivity index (χ1v) is 42.6. The number of pyridine rings is 3. The number of amides is 2. The fraction of sp³-hybridized carbons (Fsp3) is 0.433. The van der Waals surface area contributed by atoms with Crippen LogP contribution in [-0.4, -0.2) is 318 Å². The maximum atomic E-state index is 15.1. The predicted molar refractivity (Wildman–Crippen MR) is 486 cm³/mol. The number of piperidine rings is 3. The van der Waals surface area contributed by atoms with E-state index < -0.39 is 92.5 Å². The molecule has 0 radical (unpaired) electrons. The van der Waals surface area contributed by atoms with E-state index in [1.165, 1.54) is 49.3 Å². The number of benzene rings is 3. The van der Waals surface area contributed by atoms with Crippen LogP contribution >= 0.6 is 12.4 Å². The van der Waals surface area contributed by atoms with Gasteiger partial charge in [-0.05, 0) is 139 Å². The predicted octanol–water partition coefficient (Wildman–Crippen LogP) is 10.2. The van der Waals surface area contributed by atoms with Gasteiger partial charge in [0.1, 0.15) is 125 Å². The molecular formula is C90H105ClF6N24O13. The van der Waals surface area contributed by atoms with Gasteiger partial charge in [0.15, 0.2) is 18.3 Å². The molecule has 12 heterocycles. The van der Waals surface area contributed by atoms with E-state index >= 15 is 8.78 Å². The Morgan fingerprint density at radius 2 is 0.784 bits per heavy atom. The van der Waals surface area contributed by atoms with E-state index in [1.54, 1.807) is 84.6 Å². The van der Waals surface area contributed by atoms with Crippen molar-refractivity contribution in [2.75, 3.05) is 204 Å². The van der Waals surface area contributed by atoms with Crippen LogP contribution in [0, 0.1) is 34.0 Å². The molecule has 3 aromatic carbocycles. The summed E-state index contributed by atoms with van der Waals surface area (Å²) in [7, 11) is 11.1. The Bertz CT molecular complexity index is 5680. The summed E-state index contributed by atoms with van der Waals surface area (Å²) in [5.41, 5.74) is 5.53. The topological polar surface area (TPSA) is 438 Å². The largest absolute Gasteiger partial charge is 0.483 e. The van der Waals surface area contributed by atoms with Crippen LogP contribution in [0.15, 0.2) is 128 Å².